The number of aromatic amines is 1. The van der Waals surface area contributed by atoms with Gasteiger partial charge in [0.15, 0.2) is 0 Å². The normalized spacial score (nSPS) is 16.1. The molecule has 1 aliphatic heterocycles. The number of carbonyl (C=O) groups excluding carboxylic acids is 1. The highest BCUT2D eigenvalue weighted by Gasteiger charge is 2.36. The van der Waals surface area contributed by atoms with Gasteiger partial charge in [-0.15, -0.1) is 0 Å². The molecule has 2 aromatic carbocycles. The monoisotopic (exact) mass is 403 g/mol. The molecular weight excluding hydrogens is 381 g/mol. The minimum Gasteiger partial charge on any atom is -0.361 e. The SMILES string of the molecule is Cc1noc(C)c1CC(=O)N1CCc2c([nH]c3ccccc23)[C@H]1c1ccccc1F. The first kappa shape index (κ1) is 18.6. The lowest BCUT2D eigenvalue weighted by Gasteiger charge is -2.36. The van der Waals surface area contributed by atoms with Crippen LogP contribution in [0.25, 0.3) is 10.9 Å². The number of nitrogens with zero attached hydrogens (tertiary/aromatic N) is 2. The van der Waals surface area contributed by atoms with Gasteiger partial charge in [-0.1, -0.05) is 41.6 Å². The molecule has 3 heterocycles. The van der Waals surface area contributed by atoms with Crippen LogP contribution < -0.4 is 0 Å². The molecule has 5 rings (SSSR count). The highest BCUT2D eigenvalue weighted by Crippen LogP contribution is 2.39. The van der Waals surface area contributed by atoms with Crippen molar-refractivity contribution in [2.45, 2.75) is 32.7 Å². The van der Waals surface area contributed by atoms with Crippen LogP contribution in [0.5, 0.6) is 0 Å². The van der Waals surface area contributed by atoms with E-state index in [4.69, 9.17) is 4.52 Å². The number of hydrogen-bond donors (Lipinski definition) is 1. The maximum Gasteiger partial charge on any atom is 0.228 e. The molecule has 0 fully saturated rings. The van der Waals surface area contributed by atoms with Gasteiger partial charge in [-0.05, 0) is 38.0 Å². The van der Waals surface area contributed by atoms with Crippen molar-refractivity contribution >= 4 is 16.8 Å². The molecule has 1 aliphatic rings. The van der Waals surface area contributed by atoms with E-state index < -0.39 is 6.04 Å². The van der Waals surface area contributed by atoms with Crippen molar-refractivity contribution < 1.29 is 13.7 Å². The number of carbonyl (C=O) groups is 1. The Morgan fingerprint density at radius 3 is 2.73 bits per heavy atom. The van der Waals surface area contributed by atoms with Gasteiger partial charge in [0.25, 0.3) is 0 Å². The van der Waals surface area contributed by atoms with Crippen LogP contribution in [0, 0.1) is 19.7 Å². The second-order valence-electron chi connectivity index (χ2n) is 7.80. The van der Waals surface area contributed by atoms with Crippen LogP contribution in [0.3, 0.4) is 0 Å². The minimum absolute atomic E-state index is 0.0676. The summed E-state index contributed by atoms with van der Waals surface area (Å²) in [6, 6.07) is 14.3. The first-order valence-electron chi connectivity index (χ1n) is 10.1. The molecule has 0 bridgehead atoms. The lowest BCUT2D eigenvalue weighted by molar-refractivity contribution is -0.132. The Morgan fingerprint density at radius 2 is 1.97 bits per heavy atom. The predicted molar refractivity (Wildman–Crippen MR) is 112 cm³/mol. The van der Waals surface area contributed by atoms with Gasteiger partial charge in [0, 0.05) is 34.3 Å². The number of halogens is 1. The van der Waals surface area contributed by atoms with E-state index in [1.54, 1.807) is 17.0 Å². The Morgan fingerprint density at radius 1 is 1.20 bits per heavy atom. The van der Waals surface area contributed by atoms with Gasteiger partial charge in [-0.25, -0.2) is 4.39 Å². The fraction of sp³-hybridized carbons (Fsp3) is 0.250. The molecule has 5 nitrogen and oxygen atoms in total. The number of aromatic nitrogens is 2. The fourth-order valence-corrected chi connectivity index (χ4v) is 4.54. The Hall–Kier alpha value is -3.41. The number of aryl methyl sites for hydroxylation is 2. The van der Waals surface area contributed by atoms with Crippen molar-refractivity contribution in [3.05, 3.63) is 88.2 Å². The van der Waals surface area contributed by atoms with E-state index in [0.29, 0.717) is 23.6 Å². The van der Waals surface area contributed by atoms with Crippen LogP contribution in [0.1, 0.15) is 39.9 Å². The molecule has 1 N–H and O–H groups in total. The molecule has 0 spiro atoms. The van der Waals surface area contributed by atoms with Crippen LogP contribution in [-0.2, 0) is 17.6 Å². The quantitative estimate of drug-likeness (QED) is 0.543. The second kappa shape index (κ2) is 7.13. The third-order valence-corrected chi connectivity index (χ3v) is 6.06. The summed E-state index contributed by atoms with van der Waals surface area (Å²) in [7, 11) is 0. The van der Waals surface area contributed by atoms with Crippen LogP contribution in [0.4, 0.5) is 4.39 Å². The van der Waals surface area contributed by atoms with Gasteiger partial charge in [0.05, 0.1) is 12.1 Å². The number of rotatable bonds is 3. The lowest BCUT2D eigenvalue weighted by atomic mass is 9.91. The Labute approximate surface area is 173 Å². The predicted octanol–water partition coefficient (Wildman–Crippen LogP) is 4.63. The van der Waals surface area contributed by atoms with E-state index >= 15 is 0 Å². The smallest absolute Gasteiger partial charge is 0.228 e. The summed E-state index contributed by atoms with van der Waals surface area (Å²) >= 11 is 0. The Bertz CT molecular complexity index is 1240. The van der Waals surface area contributed by atoms with Gasteiger partial charge in [0.2, 0.25) is 5.91 Å². The maximum atomic E-state index is 14.9. The zero-order chi connectivity index (χ0) is 20.8. The number of H-pyrrole nitrogens is 1. The first-order valence-corrected chi connectivity index (χ1v) is 10.1. The van der Waals surface area contributed by atoms with Gasteiger partial charge in [0.1, 0.15) is 17.6 Å². The first-order chi connectivity index (χ1) is 14.5. The number of amides is 1. The van der Waals surface area contributed by atoms with E-state index in [1.807, 2.05) is 38.1 Å². The van der Waals surface area contributed by atoms with Gasteiger partial charge in [-0.3, -0.25) is 4.79 Å². The molecular formula is C24H22FN3O2. The molecule has 152 valence electrons. The van der Waals surface area contributed by atoms with E-state index in [1.165, 1.54) is 6.07 Å². The molecule has 30 heavy (non-hydrogen) atoms. The van der Waals surface area contributed by atoms with Crippen molar-refractivity contribution in [1.82, 2.24) is 15.0 Å². The van der Waals surface area contributed by atoms with E-state index in [9.17, 15) is 9.18 Å². The number of nitrogens with one attached hydrogen (secondary N) is 1. The van der Waals surface area contributed by atoms with Crippen molar-refractivity contribution in [3.8, 4) is 0 Å². The number of fused-ring (bicyclic) bond motifs is 3. The second-order valence-corrected chi connectivity index (χ2v) is 7.80. The third kappa shape index (κ3) is 2.91. The Kier molecular flexibility index (Phi) is 4.42. The van der Waals surface area contributed by atoms with Gasteiger partial charge >= 0.3 is 0 Å². The third-order valence-electron chi connectivity index (χ3n) is 6.06. The molecule has 0 unspecified atom stereocenters. The summed E-state index contributed by atoms with van der Waals surface area (Å²) in [5, 5.41) is 5.09. The number of para-hydroxylation sites is 1. The molecule has 0 saturated carbocycles. The summed E-state index contributed by atoms with van der Waals surface area (Å²) in [5.74, 6) is 0.262. The van der Waals surface area contributed by atoms with Crippen LogP contribution in [0.2, 0.25) is 0 Å². The standard InChI is InChI=1S/C24H22FN3O2/c1-14-19(15(2)30-27-14)13-22(29)28-12-11-17-16-7-4-6-10-21(16)26-23(17)24(28)18-8-3-5-9-20(18)25/h3-10,24,26H,11-13H2,1-2H3/t24-/m1/s1. The number of benzene rings is 2. The van der Waals surface area contributed by atoms with Crippen LogP contribution in [-0.4, -0.2) is 27.5 Å². The summed E-state index contributed by atoms with van der Waals surface area (Å²) in [5.41, 5.74) is 5.06. The molecule has 0 aliphatic carbocycles. The molecule has 6 heteroatoms. The molecule has 1 amide bonds. The maximum absolute atomic E-state index is 14.9. The Balaban J connectivity index is 1.62. The summed E-state index contributed by atoms with van der Waals surface area (Å²) < 4.78 is 20.1. The van der Waals surface area contributed by atoms with Gasteiger partial charge in [-0.2, -0.15) is 0 Å². The molecule has 0 radical (unpaired) electrons. The van der Waals surface area contributed by atoms with Crippen LogP contribution >= 0.6 is 0 Å². The molecule has 4 aromatic rings. The highest BCUT2D eigenvalue weighted by atomic mass is 19.1. The summed E-state index contributed by atoms with van der Waals surface area (Å²) in [6.45, 7) is 4.17. The lowest BCUT2D eigenvalue weighted by Crippen LogP contribution is -2.41. The van der Waals surface area contributed by atoms with Crippen molar-refractivity contribution in [2.75, 3.05) is 6.54 Å². The van der Waals surface area contributed by atoms with Gasteiger partial charge < -0.3 is 14.4 Å². The minimum atomic E-state index is -0.504. The van der Waals surface area contributed by atoms with E-state index in [2.05, 4.69) is 16.2 Å². The van der Waals surface area contributed by atoms with E-state index in [0.717, 1.165) is 34.1 Å². The summed E-state index contributed by atoms with van der Waals surface area (Å²) in [6.07, 6.45) is 0.902. The van der Waals surface area contributed by atoms with Crippen molar-refractivity contribution in [1.29, 1.82) is 0 Å². The zero-order valence-electron chi connectivity index (χ0n) is 16.9. The average Bonchev–Trinajstić information content (AvgIpc) is 3.28. The fourth-order valence-electron chi connectivity index (χ4n) is 4.54. The highest BCUT2D eigenvalue weighted by molar-refractivity contribution is 5.87. The van der Waals surface area contributed by atoms with Crippen LogP contribution in [0.15, 0.2) is 53.1 Å². The average molecular weight is 403 g/mol. The van der Waals surface area contributed by atoms with Crippen molar-refractivity contribution in [2.24, 2.45) is 0 Å². The molecule has 2 aromatic heterocycles. The van der Waals surface area contributed by atoms with E-state index in [-0.39, 0.29) is 18.1 Å². The summed E-state index contributed by atoms with van der Waals surface area (Å²) in [4.78, 5) is 18.7. The molecule has 1 atom stereocenters. The largest absolute Gasteiger partial charge is 0.361 e. The number of hydrogen-bond acceptors (Lipinski definition) is 3. The van der Waals surface area contributed by atoms with Crippen molar-refractivity contribution in [3.63, 3.8) is 0 Å². The zero-order valence-corrected chi connectivity index (χ0v) is 16.9. The molecule has 0 saturated heterocycles. The topological polar surface area (TPSA) is 62.1 Å².